The molecule has 0 unspecified atom stereocenters. The van der Waals surface area contributed by atoms with Crippen molar-refractivity contribution in [3.8, 4) is 0 Å². The average Bonchev–Trinajstić information content (AvgIpc) is 2.33. The molecule has 84 valence electrons. The Labute approximate surface area is 97.0 Å². The van der Waals surface area contributed by atoms with Crippen molar-refractivity contribution < 1.29 is 33.3 Å². The van der Waals surface area contributed by atoms with Crippen molar-refractivity contribution in [2.75, 3.05) is 21.3 Å². The SMILES string of the molecule is C[O][Zr]([O]C)([O]C)[O]Cc1ccccc1. The van der Waals surface area contributed by atoms with Crippen LogP contribution in [-0.4, -0.2) is 21.3 Å². The van der Waals surface area contributed by atoms with E-state index in [1.807, 2.05) is 30.3 Å². The molecule has 0 N–H and O–H groups in total. The Morgan fingerprint density at radius 2 is 1.47 bits per heavy atom. The molecule has 0 aromatic heterocycles. The molecule has 0 radical (unpaired) electrons. The summed E-state index contributed by atoms with van der Waals surface area (Å²) in [6, 6.07) is 9.85. The fourth-order valence-corrected chi connectivity index (χ4v) is 4.11. The molecule has 1 aromatic rings. The van der Waals surface area contributed by atoms with Gasteiger partial charge in [0.15, 0.2) is 0 Å². The fraction of sp³-hybridized carbons (Fsp3) is 0.400. The number of hydrogen-bond donors (Lipinski definition) is 0. The maximum atomic E-state index is 5.61. The van der Waals surface area contributed by atoms with Crippen LogP contribution in [0.15, 0.2) is 30.3 Å². The first-order valence-corrected chi connectivity index (χ1v) is 8.61. The molecule has 0 spiro atoms. The van der Waals surface area contributed by atoms with Crippen LogP contribution < -0.4 is 0 Å². The van der Waals surface area contributed by atoms with Crippen molar-refractivity contribution in [3.63, 3.8) is 0 Å². The summed E-state index contributed by atoms with van der Waals surface area (Å²) >= 11 is -3.66. The Bertz CT molecular complexity index is 266. The van der Waals surface area contributed by atoms with Crippen molar-refractivity contribution in [3.05, 3.63) is 35.9 Å². The first kappa shape index (κ1) is 13.0. The molecule has 0 aliphatic heterocycles. The zero-order valence-corrected chi connectivity index (χ0v) is 11.7. The molecule has 4 nitrogen and oxygen atoms in total. The van der Waals surface area contributed by atoms with Crippen LogP contribution in [0.1, 0.15) is 5.56 Å². The van der Waals surface area contributed by atoms with Gasteiger partial charge in [-0.2, -0.15) is 0 Å². The maximum absolute atomic E-state index is 5.61. The van der Waals surface area contributed by atoms with Crippen LogP contribution in [0.5, 0.6) is 0 Å². The van der Waals surface area contributed by atoms with Crippen molar-refractivity contribution in [2.24, 2.45) is 0 Å². The summed E-state index contributed by atoms with van der Waals surface area (Å²) < 4.78 is 21.2. The van der Waals surface area contributed by atoms with Crippen LogP contribution in [0.3, 0.4) is 0 Å². The third-order valence-corrected chi connectivity index (χ3v) is 6.92. The van der Waals surface area contributed by atoms with Crippen LogP contribution in [0, 0.1) is 0 Å². The molecule has 15 heavy (non-hydrogen) atoms. The molecular formula is C10H16O4Zr. The van der Waals surface area contributed by atoms with Gasteiger partial charge in [0.2, 0.25) is 0 Å². The Hall–Kier alpha value is -0.0569. The van der Waals surface area contributed by atoms with Crippen LogP contribution in [0.25, 0.3) is 0 Å². The monoisotopic (exact) mass is 290 g/mol. The van der Waals surface area contributed by atoms with Crippen LogP contribution in [0.2, 0.25) is 0 Å². The standard InChI is InChI=1S/C7H7O.3CH3O.Zr/c8-6-7-4-2-1-3-5-7;3*1-2;/h1-5H,6H2;3*1H3;/q4*-1;+4. The molecule has 0 saturated heterocycles. The summed E-state index contributed by atoms with van der Waals surface area (Å²) in [5.41, 5.74) is 1.07. The zero-order valence-electron chi connectivity index (χ0n) is 9.23. The van der Waals surface area contributed by atoms with E-state index >= 15 is 0 Å². The first-order chi connectivity index (χ1) is 7.26. The minimum atomic E-state index is -3.66. The first-order valence-electron chi connectivity index (χ1n) is 4.59. The van der Waals surface area contributed by atoms with Gasteiger partial charge in [-0.25, -0.2) is 0 Å². The van der Waals surface area contributed by atoms with Gasteiger partial charge < -0.3 is 0 Å². The summed E-state index contributed by atoms with van der Waals surface area (Å²) in [6.07, 6.45) is 0. The molecule has 5 heteroatoms. The fourth-order valence-electron chi connectivity index (χ4n) is 1.17. The van der Waals surface area contributed by atoms with Crippen LogP contribution in [-0.2, 0) is 39.9 Å². The molecule has 0 aliphatic carbocycles. The molecule has 0 fully saturated rings. The van der Waals surface area contributed by atoms with E-state index in [4.69, 9.17) is 11.3 Å². The van der Waals surface area contributed by atoms with Gasteiger partial charge in [0.25, 0.3) is 0 Å². The van der Waals surface area contributed by atoms with Crippen molar-refractivity contribution >= 4 is 0 Å². The normalized spacial score (nSPS) is 11.7. The van der Waals surface area contributed by atoms with E-state index < -0.39 is 22.0 Å². The molecule has 1 aromatic carbocycles. The van der Waals surface area contributed by atoms with Gasteiger partial charge in [-0.1, -0.05) is 0 Å². The zero-order chi connectivity index (χ0) is 11.1. The van der Waals surface area contributed by atoms with Crippen LogP contribution >= 0.6 is 0 Å². The molecule has 0 amide bonds. The van der Waals surface area contributed by atoms with Gasteiger partial charge in [0.05, 0.1) is 0 Å². The average molecular weight is 291 g/mol. The predicted molar refractivity (Wildman–Crippen MR) is 52.3 cm³/mol. The van der Waals surface area contributed by atoms with E-state index in [-0.39, 0.29) is 0 Å². The summed E-state index contributed by atoms with van der Waals surface area (Å²) in [7, 11) is 4.65. The van der Waals surface area contributed by atoms with Crippen LogP contribution in [0.4, 0.5) is 0 Å². The Morgan fingerprint density at radius 3 is 1.93 bits per heavy atom. The molecule has 0 bridgehead atoms. The van der Waals surface area contributed by atoms with E-state index in [2.05, 4.69) is 0 Å². The van der Waals surface area contributed by atoms with E-state index in [0.29, 0.717) is 6.61 Å². The summed E-state index contributed by atoms with van der Waals surface area (Å²) in [6.45, 7) is 0.451. The van der Waals surface area contributed by atoms with Crippen molar-refractivity contribution in [1.29, 1.82) is 0 Å². The number of benzene rings is 1. The Kier molecular flexibility index (Phi) is 5.65. The minimum absolute atomic E-state index is 0.451. The summed E-state index contributed by atoms with van der Waals surface area (Å²) in [4.78, 5) is 0. The topological polar surface area (TPSA) is 36.9 Å². The third-order valence-electron chi connectivity index (χ3n) is 2.01. The van der Waals surface area contributed by atoms with Gasteiger partial charge in [0, 0.05) is 0 Å². The molecule has 0 aliphatic rings. The number of hydrogen-bond acceptors (Lipinski definition) is 4. The molecule has 0 saturated carbocycles. The molecular weight excluding hydrogens is 275 g/mol. The third kappa shape index (κ3) is 3.78. The van der Waals surface area contributed by atoms with E-state index in [1.165, 1.54) is 0 Å². The van der Waals surface area contributed by atoms with Gasteiger partial charge in [-0.3, -0.25) is 0 Å². The van der Waals surface area contributed by atoms with Gasteiger partial charge >= 0.3 is 97.1 Å². The van der Waals surface area contributed by atoms with Gasteiger partial charge in [-0.15, -0.1) is 0 Å². The Morgan fingerprint density at radius 1 is 0.933 bits per heavy atom. The van der Waals surface area contributed by atoms with Crippen molar-refractivity contribution in [1.82, 2.24) is 0 Å². The van der Waals surface area contributed by atoms with E-state index in [0.717, 1.165) is 5.56 Å². The molecule has 1 rings (SSSR count). The van der Waals surface area contributed by atoms with E-state index in [9.17, 15) is 0 Å². The van der Waals surface area contributed by atoms with E-state index in [1.54, 1.807) is 21.3 Å². The second-order valence-corrected chi connectivity index (χ2v) is 9.06. The molecule has 0 heterocycles. The quantitative estimate of drug-likeness (QED) is 0.803. The second-order valence-electron chi connectivity index (χ2n) is 2.89. The summed E-state index contributed by atoms with van der Waals surface area (Å²) in [5, 5.41) is 0. The second kappa shape index (κ2) is 6.51. The van der Waals surface area contributed by atoms with Crippen molar-refractivity contribution in [2.45, 2.75) is 6.61 Å². The predicted octanol–water partition coefficient (Wildman–Crippen LogP) is 1.96. The van der Waals surface area contributed by atoms with Gasteiger partial charge in [0.1, 0.15) is 0 Å². The van der Waals surface area contributed by atoms with Gasteiger partial charge in [-0.05, 0) is 0 Å². The Balaban J connectivity index is 2.54. The number of rotatable bonds is 6. The molecule has 0 atom stereocenters. The summed E-state index contributed by atoms with van der Waals surface area (Å²) in [5.74, 6) is 0.